The van der Waals surface area contributed by atoms with Crippen molar-refractivity contribution in [3.8, 4) is 0 Å². The molecule has 1 aromatic rings. The highest BCUT2D eigenvalue weighted by molar-refractivity contribution is 6.31. The highest BCUT2D eigenvalue weighted by Crippen LogP contribution is 2.31. The van der Waals surface area contributed by atoms with E-state index >= 15 is 0 Å². The van der Waals surface area contributed by atoms with E-state index in [1.165, 1.54) is 0 Å². The van der Waals surface area contributed by atoms with Crippen LogP contribution in [0.15, 0.2) is 16.6 Å². The van der Waals surface area contributed by atoms with Crippen LogP contribution in [0.4, 0.5) is 17.6 Å². The molecule has 1 aliphatic rings. The molecule has 0 amide bonds. The van der Waals surface area contributed by atoms with Gasteiger partial charge in [0, 0.05) is 12.6 Å². The summed E-state index contributed by atoms with van der Waals surface area (Å²) in [6.07, 6.45) is -0.464. The van der Waals surface area contributed by atoms with Crippen LogP contribution in [0.3, 0.4) is 0 Å². The van der Waals surface area contributed by atoms with Crippen molar-refractivity contribution in [2.45, 2.75) is 18.6 Å². The maximum absolute atomic E-state index is 13.8. The summed E-state index contributed by atoms with van der Waals surface area (Å²) in [6.45, 7) is 0. The number of carboxylic acid groups (broad SMARTS) is 1. The Kier molecular flexibility index (Phi) is 4.41. The minimum absolute atomic E-state index is 0.107. The van der Waals surface area contributed by atoms with Crippen LogP contribution in [0, 0.1) is 17.5 Å². The SMILES string of the molecule is O=C(O)C(C=N[C@@H]1C[C@@H]1F)=C(O)c1cc(F)c(F)c(Cl)c1F. The molecular formula is C13H8ClF4NO3. The second kappa shape index (κ2) is 5.96. The molecule has 0 saturated heterocycles. The van der Waals surface area contributed by atoms with Crippen molar-refractivity contribution in [1.82, 2.24) is 0 Å². The number of hydrogen-bond donors (Lipinski definition) is 2. The number of carbonyl (C=O) groups is 1. The number of benzene rings is 1. The maximum atomic E-state index is 13.8. The zero-order chi connectivity index (χ0) is 16.6. The first-order valence-electron chi connectivity index (χ1n) is 5.91. The molecule has 0 bridgehead atoms. The molecule has 0 heterocycles. The van der Waals surface area contributed by atoms with E-state index in [1.54, 1.807) is 0 Å². The van der Waals surface area contributed by atoms with Crippen molar-refractivity contribution in [3.05, 3.63) is 39.7 Å². The highest BCUT2D eigenvalue weighted by Gasteiger charge is 2.37. The molecule has 2 N–H and O–H groups in total. The normalized spacial score (nSPS) is 21.9. The minimum atomic E-state index is -1.71. The standard InChI is InChI=1S/C13H8ClF4NO3/c14-9-10(17)4(1-7(16)11(9)18)12(20)5(13(21)22)3-19-8-2-6(8)15/h1,3,6,8,20H,2H2,(H,21,22)/t6-,8+/m0/s1. The van der Waals surface area contributed by atoms with Gasteiger partial charge in [0.05, 0.1) is 11.6 Å². The third-order valence-electron chi connectivity index (χ3n) is 2.92. The number of aliphatic hydroxyl groups is 1. The van der Waals surface area contributed by atoms with Gasteiger partial charge < -0.3 is 10.2 Å². The zero-order valence-corrected chi connectivity index (χ0v) is 11.4. The zero-order valence-electron chi connectivity index (χ0n) is 10.7. The number of nitrogens with zero attached hydrogens (tertiary/aromatic N) is 1. The van der Waals surface area contributed by atoms with Crippen LogP contribution in [0.2, 0.25) is 5.02 Å². The van der Waals surface area contributed by atoms with Gasteiger partial charge in [0.1, 0.15) is 22.5 Å². The number of rotatable bonds is 4. The van der Waals surface area contributed by atoms with Gasteiger partial charge in [-0.05, 0) is 6.07 Å². The van der Waals surface area contributed by atoms with Crippen molar-refractivity contribution in [2.75, 3.05) is 0 Å². The topological polar surface area (TPSA) is 69.9 Å². The van der Waals surface area contributed by atoms with Crippen LogP contribution in [0.5, 0.6) is 0 Å². The van der Waals surface area contributed by atoms with Crippen molar-refractivity contribution in [1.29, 1.82) is 0 Å². The predicted molar refractivity (Wildman–Crippen MR) is 70.3 cm³/mol. The molecule has 2 atom stereocenters. The Balaban J connectivity index is 2.51. The van der Waals surface area contributed by atoms with E-state index in [-0.39, 0.29) is 12.5 Å². The molecule has 2 rings (SSSR count). The second-order valence-corrected chi connectivity index (χ2v) is 4.89. The second-order valence-electron chi connectivity index (χ2n) is 4.51. The third-order valence-corrected chi connectivity index (χ3v) is 3.25. The lowest BCUT2D eigenvalue weighted by Gasteiger charge is -2.07. The van der Waals surface area contributed by atoms with Crippen molar-refractivity contribution >= 4 is 29.5 Å². The molecule has 9 heteroatoms. The highest BCUT2D eigenvalue weighted by atomic mass is 35.5. The number of halogens is 5. The van der Waals surface area contributed by atoms with Crippen LogP contribution < -0.4 is 0 Å². The number of hydrogen-bond acceptors (Lipinski definition) is 3. The Bertz CT molecular complexity index is 705. The van der Waals surface area contributed by atoms with Crippen molar-refractivity contribution in [2.24, 2.45) is 4.99 Å². The van der Waals surface area contributed by atoms with Gasteiger partial charge in [-0.3, -0.25) is 4.99 Å². The molecule has 0 spiro atoms. The van der Waals surface area contributed by atoms with Crippen LogP contribution in [0.25, 0.3) is 5.76 Å². The average Bonchev–Trinajstić information content (AvgIpc) is 3.16. The molecule has 1 fully saturated rings. The quantitative estimate of drug-likeness (QED) is 0.221. The Morgan fingerprint density at radius 1 is 1.32 bits per heavy atom. The molecular weight excluding hydrogens is 330 g/mol. The first-order valence-corrected chi connectivity index (χ1v) is 6.29. The van der Waals surface area contributed by atoms with E-state index in [2.05, 4.69) is 4.99 Å². The number of aliphatic hydroxyl groups excluding tert-OH is 1. The fourth-order valence-corrected chi connectivity index (χ4v) is 1.78. The summed E-state index contributed by atoms with van der Waals surface area (Å²) < 4.78 is 52.7. The number of aliphatic imine (C=N–C) groups is 1. The lowest BCUT2D eigenvalue weighted by molar-refractivity contribution is -0.132. The number of carboxylic acids is 1. The smallest absolute Gasteiger partial charge is 0.341 e. The van der Waals surface area contributed by atoms with Crippen LogP contribution in [-0.2, 0) is 4.79 Å². The minimum Gasteiger partial charge on any atom is -0.506 e. The first kappa shape index (κ1) is 16.3. The molecule has 0 radical (unpaired) electrons. The van der Waals surface area contributed by atoms with E-state index < -0.39 is 57.6 Å². The maximum Gasteiger partial charge on any atom is 0.341 e. The van der Waals surface area contributed by atoms with E-state index in [9.17, 15) is 27.5 Å². The summed E-state index contributed by atoms with van der Waals surface area (Å²) in [5, 5.41) is 17.5. The summed E-state index contributed by atoms with van der Waals surface area (Å²) >= 11 is 5.22. The molecule has 1 saturated carbocycles. The average molecular weight is 338 g/mol. The van der Waals surface area contributed by atoms with E-state index in [4.69, 9.17) is 16.7 Å². The van der Waals surface area contributed by atoms with Crippen molar-refractivity contribution < 1.29 is 32.6 Å². The van der Waals surface area contributed by atoms with E-state index in [1.807, 2.05) is 0 Å². The summed E-state index contributed by atoms with van der Waals surface area (Å²) in [5.74, 6) is -7.68. The Labute approximate surface area is 126 Å². The van der Waals surface area contributed by atoms with E-state index in [0.717, 1.165) is 0 Å². The van der Waals surface area contributed by atoms with E-state index in [0.29, 0.717) is 6.21 Å². The summed E-state index contributed by atoms with van der Waals surface area (Å²) in [7, 11) is 0. The van der Waals surface area contributed by atoms with Gasteiger partial charge in [0.25, 0.3) is 0 Å². The van der Waals surface area contributed by atoms with Gasteiger partial charge in [0.15, 0.2) is 17.5 Å². The molecule has 1 aromatic carbocycles. The molecule has 22 heavy (non-hydrogen) atoms. The fraction of sp³-hybridized carbons (Fsp3) is 0.231. The molecule has 0 unspecified atom stereocenters. The molecule has 118 valence electrons. The van der Waals surface area contributed by atoms with Gasteiger partial charge in [-0.2, -0.15) is 0 Å². The number of aliphatic carboxylic acids is 1. The summed E-state index contributed by atoms with van der Waals surface area (Å²) in [6, 6.07) is -0.474. The Hall–Kier alpha value is -2.09. The lowest BCUT2D eigenvalue weighted by Crippen LogP contribution is -2.08. The Morgan fingerprint density at radius 2 is 1.91 bits per heavy atom. The third kappa shape index (κ3) is 3.06. The summed E-state index contributed by atoms with van der Waals surface area (Å²) in [4.78, 5) is 14.6. The monoisotopic (exact) mass is 337 g/mol. The van der Waals surface area contributed by atoms with Crippen LogP contribution in [-0.4, -0.2) is 34.6 Å². The lowest BCUT2D eigenvalue weighted by atomic mass is 10.1. The van der Waals surface area contributed by atoms with Gasteiger partial charge >= 0.3 is 5.97 Å². The van der Waals surface area contributed by atoms with Gasteiger partial charge in [-0.1, -0.05) is 11.6 Å². The molecule has 0 aromatic heterocycles. The van der Waals surface area contributed by atoms with Crippen LogP contribution >= 0.6 is 11.6 Å². The first-order chi connectivity index (χ1) is 10.2. The summed E-state index contributed by atoms with van der Waals surface area (Å²) in [5.41, 5.74) is -1.85. The van der Waals surface area contributed by atoms with Crippen LogP contribution in [0.1, 0.15) is 12.0 Å². The largest absolute Gasteiger partial charge is 0.506 e. The van der Waals surface area contributed by atoms with Gasteiger partial charge in [-0.15, -0.1) is 0 Å². The number of alkyl halides is 1. The predicted octanol–water partition coefficient (Wildman–Crippen LogP) is 3.29. The molecule has 0 aliphatic heterocycles. The fourth-order valence-electron chi connectivity index (χ4n) is 1.58. The van der Waals surface area contributed by atoms with Gasteiger partial charge in [-0.25, -0.2) is 22.4 Å². The molecule has 1 aliphatic carbocycles. The molecule has 4 nitrogen and oxygen atoms in total. The Morgan fingerprint density at radius 3 is 2.41 bits per heavy atom. The van der Waals surface area contributed by atoms with Gasteiger partial charge in [0.2, 0.25) is 0 Å². The van der Waals surface area contributed by atoms with Crippen molar-refractivity contribution in [3.63, 3.8) is 0 Å².